The number of ether oxygens (including phenoxy) is 1. The molecular formula is C20H27ClN2O2. The molecule has 0 aliphatic heterocycles. The van der Waals surface area contributed by atoms with Gasteiger partial charge in [0, 0.05) is 12.6 Å². The highest BCUT2D eigenvalue weighted by Crippen LogP contribution is 2.28. The number of amides is 1. The zero-order valence-electron chi connectivity index (χ0n) is 14.8. The molecule has 1 amide bonds. The van der Waals surface area contributed by atoms with E-state index in [1.807, 2.05) is 54.6 Å². The van der Waals surface area contributed by atoms with Crippen LogP contribution in [0.15, 0.2) is 54.6 Å². The van der Waals surface area contributed by atoms with Crippen LogP contribution >= 0.6 is 12.4 Å². The number of carbonyl (C=O) groups excluding carboxylic acids is 1. The molecule has 0 heterocycles. The molecular weight excluding hydrogens is 336 g/mol. The molecule has 0 aromatic heterocycles. The summed E-state index contributed by atoms with van der Waals surface area (Å²) in [6.45, 7) is 4.68. The van der Waals surface area contributed by atoms with E-state index in [2.05, 4.69) is 19.2 Å². The summed E-state index contributed by atoms with van der Waals surface area (Å²) in [5.41, 5.74) is 8.21. The first-order chi connectivity index (χ1) is 11.6. The number of nitrogens with one attached hydrogen (secondary N) is 1. The van der Waals surface area contributed by atoms with Crippen LogP contribution in [0.5, 0.6) is 5.75 Å². The van der Waals surface area contributed by atoms with E-state index in [4.69, 9.17) is 10.5 Å². The Bertz CT molecular complexity index is 649. The van der Waals surface area contributed by atoms with Crippen molar-refractivity contribution in [3.05, 3.63) is 65.7 Å². The van der Waals surface area contributed by atoms with Crippen LogP contribution in [0.1, 0.15) is 43.4 Å². The van der Waals surface area contributed by atoms with E-state index in [0.29, 0.717) is 12.5 Å². The Labute approximate surface area is 156 Å². The van der Waals surface area contributed by atoms with E-state index in [1.165, 1.54) is 0 Å². The number of rotatable bonds is 8. The second-order valence-electron chi connectivity index (χ2n) is 5.96. The average molecular weight is 363 g/mol. The summed E-state index contributed by atoms with van der Waals surface area (Å²) in [7, 11) is 0. The minimum atomic E-state index is -0.220. The third-order valence-electron chi connectivity index (χ3n) is 4.17. The summed E-state index contributed by atoms with van der Waals surface area (Å²) in [5.74, 6) is 1.01. The quantitative estimate of drug-likeness (QED) is 0.750. The van der Waals surface area contributed by atoms with E-state index in [1.54, 1.807) is 0 Å². The first-order valence-electron chi connectivity index (χ1n) is 8.40. The second-order valence-corrected chi connectivity index (χ2v) is 5.96. The first kappa shape index (κ1) is 21.0. The van der Waals surface area contributed by atoms with Crippen molar-refractivity contribution in [3.63, 3.8) is 0 Å². The van der Waals surface area contributed by atoms with Crippen LogP contribution in [0.25, 0.3) is 0 Å². The maximum Gasteiger partial charge on any atom is 0.258 e. The van der Waals surface area contributed by atoms with Gasteiger partial charge in [0.15, 0.2) is 6.61 Å². The van der Waals surface area contributed by atoms with Crippen LogP contribution in [-0.4, -0.2) is 19.1 Å². The van der Waals surface area contributed by atoms with Gasteiger partial charge in [-0.25, -0.2) is 0 Å². The number of benzene rings is 2. The molecule has 0 radical (unpaired) electrons. The van der Waals surface area contributed by atoms with Crippen LogP contribution in [0.3, 0.4) is 0 Å². The zero-order chi connectivity index (χ0) is 17.4. The Hall–Kier alpha value is -2.04. The van der Waals surface area contributed by atoms with E-state index in [-0.39, 0.29) is 31.0 Å². The number of para-hydroxylation sites is 1. The van der Waals surface area contributed by atoms with Crippen molar-refractivity contribution in [2.45, 2.75) is 32.2 Å². The maximum atomic E-state index is 12.0. The zero-order valence-corrected chi connectivity index (χ0v) is 15.6. The summed E-state index contributed by atoms with van der Waals surface area (Å²) in [4.78, 5) is 12.0. The lowest BCUT2D eigenvalue weighted by molar-refractivity contribution is -0.123. The van der Waals surface area contributed by atoms with E-state index in [0.717, 1.165) is 23.3 Å². The lowest BCUT2D eigenvalue weighted by atomic mass is 9.98. The molecule has 0 aliphatic rings. The normalized spacial score (nSPS) is 12.6. The van der Waals surface area contributed by atoms with Crippen LogP contribution in [0.4, 0.5) is 0 Å². The number of carbonyl (C=O) groups is 1. The van der Waals surface area contributed by atoms with Gasteiger partial charge in [0.05, 0.1) is 0 Å². The summed E-state index contributed by atoms with van der Waals surface area (Å²) in [6, 6.07) is 17.4. The standard InChI is InChI=1S/C20H26N2O2.ClH/c1-3-15(2)17-11-7-8-12-19(17)24-14-20(23)22-13-18(21)16-9-5-4-6-10-16;/h4-12,15,18H,3,13-14,21H2,1-2H3,(H,22,23);1H. The summed E-state index contributed by atoms with van der Waals surface area (Å²) >= 11 is 0. The molecule has 2 unspecified atom stereocenters. The van der Waals surface area contributed by atoms with Crippen LogP contribution < -0.4 is 15.8 Å². The minimum Gasteiger partial charge on any atom is -0.483 e. The summed E-state index contributed by atoms with van der Waals surface area (Å²) < 4.78 is 5.71. The van der Waals surface area contributed by atoms with Gasteiger partial charge in [-0.2, -0.15) is 0 Å². The Morgan fingerprint density at radius 3 is 2.44 bits per heavy atom. The monoisotopic (exact) mass is 362 g/mol. The molecule has 0 fully saturated rings. The molecule has 0 aliphatic carbocycles. The highest BCUT2D eigenvalue weighted by molar-refractivity contribution is 5.85. The number of nitrogens with two attached hydrogens (primary N) is 1. The van der Waals surface area contributed by atoms with Crippen molar-refractivity contribution < 1.29 is 9.53 Å². The SMILES string of the molecule is CCC(C)c1ccccc1OCC(=O)NCC(N)c1ccccc1.Cl. The lowest BCUT2D eigenvalue weighted by Crippen LogP contribution is -2.35. The molecule has 0 bridgehead atoms. The van der Waals surface area contributed by atoms with Gasteiger partial charge in [-0.1, -0.05) is 62.4 Å². The van der Waals surface area contributed by atoms with Gasteiger partial charge in [-0.05, 0) is 29.5 Å². The van der Waals surface area contributed by atoms with Crippen molar-refractivity contribution in [2.24, 2.45) is 5.73 Å². The predicted octanol–water partition coefficient (Wildman–Crippen LogP) is 3.82. The molecule has 5 heteroatoms. The fraction of sp³-hybridized carbons (Fsp3) is 0.350. The number of hydrogen-bond acceptors (Lipinski definition) is 3. The largest absolute Gasteiger partial charge is 0.483 e. The van der Waals surface area contributed by atoms with Gasteiger partial charge < -0.3 is 15.8 Å². The lowest BCUT2D eigenvalue weighted by Gasteiger charge is -2.16. The molecule has 3 N–H and O–H groups in total. The molecule has 2 aromatic rings. The van der Waals surface area contributed by atoms with E-state index in [9.17, 15) is 4.79 Å². The van der Waals surface area contributed by atoms with Gasteiger partial charge >= 0.3 is 0 Å². The van der Waals surface area contributed by atoms with Crippen molar-refractivity contribution in [1.82, 2.24) is 5.32 Å². The smallest absolute Gasteiger partial charge is 0.258 e. The molecule has 2 atom stereocenters. The molecule has 0 saturated carbocycles. The van der Waals surface area contributed by atoms with Crippen LogP contribution in [-0.2, 0) is 4.79 Å². The fourth-order valence-electron chi connectivity index (χ4n) is 2.48. The molecule has 136 valence electrons. The second kappa shape index (κ2) is 10.7. The number of halogens is 1. The van der Waals surface area contributed by atoms with Crippen molar-refractivity contribution in [1.29, 1.82) is 0 Å². The Kier molecular flexibility index (Phi) is 9.03. The van der Waals surface area contributed by atoms with E-state index >= 15 is 0 Å². The molecule has 25 heavy (non-hydrogen) atoms. The minimum absolute atomic E-state index is 0. The topological polar surface area (TPSA) is 64.3 Å². The predicted molar refractivity (Wildman–Crippen MR) is 104 cm³/mol. The summed E-state index contributed by atoms with van der Waals surface area (Å²) in [5, 5.41) is 2.82. The first-order valence-corrected chi connectivity index (χ1v) is 8.40. The highest BCUT2D eigenvalue weighted by atomic mass is 35.5. The highest BCUT2D eigenvalue weighted by Gasteiger charge is 2.12. The third-order valence-corrected chi connectivity index (χ3v) is 4.17. The summed E-state index contributed by atoms with van der Waals surface area (Å²) in [6.07, 6.45) is 1.03. The van der Waals surface area contributed by atoms with Crippen molar-refractivity contribution in [2.75, 3.05) is 13.2 Å². The van der Waals surface area contributed by atoms with Gasteiger partial charge in [0.2, 0.25) is 0 Å². The van der Waals surface area contributed by atoms with Crippen molar-refractivity contribution in [3.8, 4) is 5.75 Å². The molecule has 0 spiro atoms. The molecule has 4 nitrogen and oxygen atoms in total. The van der Waals surface area contributed by atoms with Crippen LogP contribution in [0, 0.1) is 0 Å². The number of hydrogen-bond donors (Lipinski definition) is 2. The Morgan fingerprint density at radius 1 is 1.12 bits per heavy atom. The third kappa shape index (κ3) is 6.40. The molecule has 2 aromatic carbocycles. The van der Waals surface area contributed by atoms with Crippen molar-refractivity contribution >= 4 is 18.3 Å². The average Bonchev–Trinajstić information content (AvgIpc) is 2.64. The van der Waals surface area contributed by atoms with E-state index < -0.39 is 0 Å². The fourth-order valence-corrected chi connectivity index (χ4v) is 2.48. The molecule has 0 saturated heterocycles. The van der Waals surface area contributed by atoms with Gasteiger partial charge in [0.1, 0.15) is 5.75 Å². The van der Waals surface area contributed by atoms with Gasteiger partial charge in [-0.3, -0.25) is 4.79 Å². The molecule has 2 rings (SSSR count). The Balaban J connectivity index is 0.00000312. The Morgan fingerprint density at radius 2 is 1.76 bits per heavy atom. The maximum absolute atomic E-state index is 12.0. The van der Waals surface area contributed by atoms with Gasteiger partial charge in [0.25, 0.3) is 5.91 Å². The van der Waals surface area contributed by atoms with Crippen LogP contribution in [0.2, 0.25) is 0 Å². The van der Waals surface area contributed by atoms with Gasteiger partial charge in [-0.15, -0.1) is 12.4 Å².